The van der Waals surface area contributed by atoms with Crippen molar-refractivity contribution < 1.29 is 23.9 Å². The summed E-state index contributed by atoms with van der Waals surface area (Å²) in [6.45, 7) is 2.30. The number of ether oxygens (including phenoxy) is 1. The number of carbonyl (C=O) groups is 4. The van der Waals surface area contributed by atoms with Crippen LogP contribution in [0.5, 0.6) is 5.75 Å². The second kappa shape index (κ2) is 9.05. The molecule has 3 amide bonds. The number of hydrogen-bond donors (Lipinski definition) is 0. The Morgan fingerprint density at radius 2 is 1.68 bits per heavy atom. The highest BCUT2D eigenvalue weighted by Gasteiger charge is 2.48. The van der Waals surface area contributed by atoms with Gasteiger partial charge < -0.3 is 9.64 Å². The van der Waals surface area contributed by atoms with E-state index in [4.69, 9.17) is 4.74 Å². The second-order valence-corrected chi connectivity index (χ2v) is 9.32. The van der Waals surface area contributed by atoms with Gasteiger partial charge in [0, 0.05) is 24.7 Å². The maximum Gasteiger partial charge on any atom is 0.316 e. The van der Waals surface area contributed by atoms with Crippen molar-refractivity contribution in [1.82, 2.24) is 0 Å². The van der Waals surface area contributed by atoms with Gasteiger partial charge in [-0.25, -0.2) is 4.90 Å². The van der Waals surface area contributed by atoms with E-state index in [1.807, 2.05) is 31.2 Å². The molecule has 0 radical (unpaired) electrons. The van der Waals surface area contributed by atoms with Crippen molar-refractivity contribution in [2.45, 2.75) is 45.4 Å². The second-order valence-electron chi connectivity index (χ2n) is 9.32. The van der Waals surface area contributed by atoms with Crippen LogP contribution in [0, 0.1) is 17.8 Å². The lowest BCUT2D eigenvalue weighted by molar-refractivity contribution is -0.139. The van der Waals surface area contributed by atoms with Gasteiger partial charge >= 0.3 is 5.97 Å². The summed E-state index contributed by atoms with van der Waals surface area (Å²) < 4.78 is 5.61. The standard InChI is InChI=1S/C27H28N2O5/c1-2-17-8-3-6-13-23(17)28-16-18(14-24(28)30)27(33)34-20-10-7-9-19(15-20)29-25(31)21-11-4-5-12-22(21)26(29)32/h3,6-10,13,15,18,21-22H,2,4-5,11-12,14,16H2,1H3/t18-,21-,22-/m1/s1. The molecule has 3 atom stereocenters. The van der Waals surface area contributed by atoms with E-state index >= 15 is 0 Å². The van der Waals surface area contributed by atoms with Gasteiger partial charge in [-0.2, -0.15) is 0 Å². The number of aryl methyl sites for hydroxylation is 1. The molecular formula is C27H28N2O5. The average molecular weight is 461 g/mol. The summed E-state index contributed by atoms with van der Waals surface area (Å²) in [5.74, 6) is -1.73. The maximum absolute atomic E-state index is 12.9. The molecule has 1 saturated carbocycles. The molecule has 0 N–H and O–H groups in total. The van der Waals surface area contributed by atoms with Gasteiger partial charge in [-0.3, -0.25) is 19.2 Å². The number of nitrogens with zero attached hydrogens (tertiary/aromatic N) is 2. The van der Waals surface area contributed by atoms with Crippen molar-refractivity contribution in [2.24, 2.45) is 17.8 Å². The molecular weight excluding hydrogens is 432 g/mol. The molecule has 2 saturated heterocycles. The van der Waals surface area contributed by atoms with Crippen molar-refractivity contribution in [3.63, 3.8) is 0 Å². The van der Waals surface area contributed by atoms with Crippen molar-refractivity contribution >= 4 is 35.1 Å². The first-order chi connectivity index (χ1) is 16.5. The number of fused-ring (bicyclic) bond motifs is 1. The van der Waals surface area contributed by atoms with Gasteiger partial charge in [0.15, 0.2) is 0 Å². The third kappa shape index (κ3) is 3.89. The Morgan fingerprint density at radius 3 is 2.38 bits per heavy atom. The highest BCUT2D eigenvalue weighted by atomic mass is 16.5. The predicted molar refractivity (Wildman–Crippen MR) is 126 cm³/mol. The zero-order valence-corrected chi connectivity index (χ0v) is 19.2. The molecule has 7 nitrogen and oxygen atoms in total. The van der Waals surface area contributed by atoms with E-state index in [1.54, 1.807) is 29.2 Å². The Morgan fingerprint density at radius 1 is 0.971 bits per heavy atom. The minimum absolute atomic E-state index is 0.0863. The average Bonchev–Trinajstić information content (AvgIpc) is 3.36. The quantitative estimate of drug-likeness (QED) is 0.384. The zero-order valence-electron chi connectivity index (χ0n) is 19.2. The maximum atomic E-state index is 12.9. The van der Waals surface area contributed by atoms with E-state index in [1.165, 1.54) is 4.90 Å². The zero-order chi connectivity index (χ0) is 23.8. The molecule has 0 aromatic heterocycles. The first-order valence-electron chi connectivity index (χ1n) is 12.1. The van der Waals surface area contributed by atoms with Crippen LogP contribution >= 0.6 is 0 Å². The lowest BCUT2D eigenvalue weighted by atomic mass is 9.81. The number of carbonyl (C=O) groups excluding carboxylic acids is 4. The highest BCUT2D eigenvalue weighted by molar-refractivity contribution is 6.22. The van der Waals surface area contributed by atoms with Crippen molar-refractivity contribution in [1.29, 1.82) is 0 Å². The topological polar surface area (TPSA) is 84.0 Å². The van der Waals surface area contributed by atoms with Crippen LogP contribution in [-0.2, 0) is 25.6 Å². The summed E-state index contributed by atoms with van der Waals surface area (Å²) >= 11 is 0. The van der Waals surface area contributed by atoms with Crippen LogP contribution in [0.3, 0.4) is 0 Å². The molecule has 34 heavy (non-hydrogen) atoms. The van der Waals surface area contributed by atoms with Gasteiger partial charge in [0.05, 0.1) is 23.4 Å². The molecule has 0 spiro atoms. The molecule has 2 aromatic rings. The molecule has 7 heteroatoms. The fourth-order valence-electron chi connectivity index (χ4n) is 5.47. The molecule has 2 heterocycles. The van der Waals surface area contributed by atoms with Gasteiger partial charge in [-0.15, -0.1) is 0 Å². The lowest BCUT2D eigenvalue weighted by Gasteiger charge is -2.20. The van der Waals surface area contributed by atoms with Gasteiger partial charge in [0.2, 0.25) is 17.7 Å². The Labute approximate surface area is 198 Å². The normalized spacial score (nSPS) is 24.5. The summed E-state index contributed by atoms with van der Waals surface area (Å²) in [4.78, 5) is 54.3. The SMILES string of the molecule is CCc1ccccc1N1C[C@H](C(=O)Oc2cccc(N3C(=O)[C@@H]4CCCC[C@H]4C3=O)c2)CC1=O. The summed E-state index contributed by atoms with van der Waals surface area (Å²) in [5.41, 5.74) is 2.31. The van der Waals surface area contributed by atoms with Crippen LogP contribution in [0.1, 0.15) is 44.6 Å². The number of esters is 1. The molecule has 0 bridgehead atoms. The number of anilines is 2. The number of hydrogen-bond acceptors (Lipinski definition) is 5. The van der Waals surface area contributed by atoms with Gasteiger partial charge in [-0.1, -0.05) is 44.0 Å². The molecule has 3 aliphatic rings. The first kappa shape index (κ1) is 22.3. The fraction of sp³-hybridized carbons (Fsp3) is 0.407. The van der Waals surface area contributed by atoms with E-state index in [9.17, 15) is 19.2 Å². The van der Waals surface area contributed by atoms with Crippen LogP contribution in [0.4, 0.5) is 11.4 Å². The van der Waals surface area contributed by atoms with Gasteiger partial charge in [0.1, 0.15) is 5.75 Å². The summed E-state index contributed by atoms with van der Waals surface area (Å²) in [7, 11) is 0. The molecule has 0 unspecified atom stereocenters. The fourth-order valence-corrected chi connectivity index (χ4v) is 5.47. The minimum Gasteiger partial charge on any atom is -0.426 e. The highest BCUT2D eigenvalue weighted by Crippen LogP contribution is 2.40. The Balaban J connectivity index is 1.30. The van der Waals surface area contributed by atoms with E-state index in [0.29, 0.717) is 5.69 Å². The first-order valence-corrected chi connectivity index (χ1v) is 12.1. The summed E-state index contributed by atoms with van der Waals surface area (Å²) in [6, 6.07) is 14.2. The van der Waals surface area contributed by atoms with E-state index in [2.05, 4.69) is 0 Å². The Bertz CT molecular complexity index is 1140. The molecule has 2 aliphatic heterocycles. The molecule has 2 aromatic carbocycles. The number of amides is 3. The van der Waals surface area contributed by atoms with Crippen molar-refractivity contribution in [3.8, 4) is 5.75 Å². The van der Waals surface area contributed by atoms with Crippen LogP contribution in [-0.4, -0.2) is 30.2 Å². The smallest absolute Gasteiger partial charge is 0.316 e. The van der Waals surface area contributed by atoms with Crippen molar-refractivity contribution in [2.75, 3.05) is 16.3 Å². The molecule has 3 fully saturated rings. The number of benzene rings is 2. The molecule has 5 rings (SSSR count). The van der Waals surface area contributed by atoms with E-state index in [-0.39, 0.29) is 48.3 Å². The van der Waals surface area contributed by atoms with Crippen LogP contribution in [0.15, 0.2) is 48.5 Å². The van der Waals surface area contributed by atoms with Crippen LogP contribution in [0.25, 0.3) is 0 Å². The number of imide groups is 1. The van der Waals surface area contributed by atoms with E-state index < -0.39 is 11.9 Å². The minimum atomic E-state index is -0.584. The van der Waals surface area contributed by atoms with Crippen LogP contribution in [0.2, 0.25) is 0 Å². The molecule has 1 aliphatic carbocycles. The third-order valence-corrected chi connectivity index (χ3v) is 7.26. The molecule has 176 valence electrons. The van der Waals surface area contributed by atoms with Gasteiger partial charge in [-0.05, 0) is 43.0 Å². The van der Waals surface area contributed by atoms with E-state index in [0.717, 1.165) is 43.4 Å². The predicted octanol–water partition coefficient (Wildman–Crippen LogP) is 3.89. The van der Waals surface area contributed by atoms with Gasteiger partial charge in [0.25, 0.3) is 0 Å². The largest absolute Gasteiger partial charge is 0.426 e. The summed E-state index contributed by atoms with van der Waals surface area (Å²) in [5, 5.41) is 0. The number of para-hydroxylation sites is 1. The van der Waals surface area contributed by atoms with Crippen LogP contribution < -0.4 is 14.5 Å². The lowest BCUT2D eigenvalue weighted by Crippen LogP contribution is -2.31. The summed E-state index contributed by atoms with van der Waals surface area (Å²) in [6.07, 6.45) is 4.29. The number of rotatable bonds is 5. The van der Waals surface area contributed by atoms with Crippen molar-refractivity contribution in [3.05, 3.63) is 54.1 Å². The Hall–Kier alpha value is -3.48. The monoisotopic (exact) mass is 460 g/mol. The Kier molecular flexibility index (Phi) is 5.94. The third-order valence-electron chi connectivity index (χ3n) is 7.26.